The Kier molecular flexibility index (Phi) is 5.52. The van der Waals surface area contributed by atoms with Crippen LogP contribution in [-0.2, 0) is 19.0 Å². The minimum atomic E-state index is -1.78. The van der Waals surface area contributed by atoms with Crippen molar-refractivity contribution in [1.82, 2.24) is 10.0 Å². The van der Waals surface area contributed by atoms with Crippen molar-refractivity contribution in [2.45, 2.75) is 58.6 Å². The highest BCUT2D eigenvalue weighted by molar-refractivity contribution is 6.02. The predicted octanol–water partition coefficient (Wildman–Crippen LogP) is 2.41. The standard InChI is InChI=1S/C17H24N2O6/c1-6-23-17-10-9-13(7-8-14(17)20)18(15(21)24-11(2)3)19(17)16(22)25-12(4)5/h7-13H,6H2,1-5H3/t13-,17+/m0/s1. The van der Waals surface area contributed by atoms with E-state index >= 15 is 0 Å². The van der Waals surface area contributed by atoms with Gasteiger partial charge < -0.3 is 14.2 Å². The number of ether oxygens (including phenoxy) is 3. The lowest BCUT2D eigenvalue weighted by Gasteiger charge is -2.46. The molecule has 2 heterocycles. The van der Waals surface area contributed by atoms with E-state index in [0.717, 1.165) is 10.0 Å². The summed E-state index contributed by atoms with van der Waals surface area (Å²) in [5.41, 5.74) is -1.78. The topological polar surface area (TPSA) is 85.4 Å². The zero-order valence-corrected chi connectivity index (χ0v) is 15.1. The predicted molar refractivity (Wildman–Crippen MR) is 88.3 cm³/mol. The lowest BCUT2D eigenvalue weighted by Crippen LogP contribution is -2.68. The van der Waals surface area contributed by atoms with Crippen LogP contribution in [0.5, 0.6) is 0 Å². The summed E-state index contributed by atoms with van der Waals surface area (Å²) in [6.45, 7) is 8.58. The van der Waals surface area contributed by atoms with Crippen LogP contribution in [0.3, 0.4) is 0 Å². The van der Waals surface area contributed by atoms with Gasteiger partial charge in [0.05, 0.1) is 18.2 Å². The average molecular weight is 352 g/mol. The largest absolute Gasteiger partial charge is 0.445 e. The molecule has 0 saturated carbocycles. The summed E-state index contributed by atoms with van der Waals surface area (Å²) < 4.78 is 16.1. The minimum Gasteiger partial charge on any atom is -0.445 e. The van der Waals surface area contributed by atoms with Crippen molar-refractivity contribution in [3.05, 3.63) is 24.3 Å². The molecule has 2 bridgehead atoms. The van der Waals surface area contributed by atoms with E-state index in [2.05, 4.69) is 0 Å². The number of hydrogen-bond donors (Lipinski definition) is 0. The summed E-state index contributed by atoms with van der Waals surface area (Å²) in [4.78, 5) is 38.0. The van der Waals surface area contributed by atoms with Crippen molar-refractivity contribution in [1.29, 1.82) is 0 Å². The molecule has 0 aromatic rings. The average Bonchev–Trinajstić information content (AvgIpc) is 2.72. The van der Waals surface area contributed by atoms with Crippen molar-refractivity contribution in [2.24, 2.45) is 0 Å². The lowest BCUT2D eigenvalue weighted by atomic mass is 10.1. The monoisotopic (exact) mass is 352 g/mol. The molecule has 138 valence electrons. The summed E-state index contributed by atoms with van der Waals surface area (Å²) in [5.74, 6) is -0.478. The molecule has 0 aromatic heterocycles. The van der Waals surface area contributed by atoms with Crippen LogP contribution in [0.1, 0.15) is 34.6 Å². The zero-order valence-electron chi connectivity index (χ0n) is 15.1. The van der Waals surface area contributed by atoms with Crippen LogP contribution in [-0.4, -0.2) is 58.6 Å². The Hall–Kier alpha value is -2.35. The van der Waals surface area contributed by atoms with Gasteiger partial charge in [0, 0.05) is 6.61 Å². The van der Waals surface area contributed by atoms with Gasteiger partial charge in [0.2, 0.25) is 11.5 Å². The van der Waals surface area contributed by atoms with Gasteiger partial charge in [-0.2, -0.15) is 10.0 Å². The van der Waals surface area contributed by atoms with Crippen LogP contribution >= 0.6 is 0 Å². The van der Waals surface area contributed by atoms with E-state index < -0.39 is 41.9 Å². The van der Waals surface area contributed by atoms with Gasteiger partial charge in [-0.25, -0.2) is 9.59 Å². The number of carbonyl (C=O) groups excluding carboxylic acids is 3. The normalized spacial score (nSPS) is 24.9. The van der Waals surface area contributed by atoms with Crippen molar-refractivity contribution < 1.29 is 28.6 Å². The molecule has 25 heavy (non-hydrogen) atoms. The van der Waals surface area contributed by atoms with Gasteiger partial charge in [-0.15, -0.1) is 0 Å². The fourth-order valence-electron chi connectivity index (χ4n) is 2.65. The number of hydrazine groups is 1. The van der Waals surface area contributed by atoms with Crippen LogP contribution in [0.25, 0.3) is 0 Å². The molecule has 0 fully saturated rings. The SMILES string of the molecule is CCO[C@]12C=C[C@H](C=CC1=O)N(C(=O)OC(C)C)N2C(=O)OC(C)C. The second kappa shape index (κ2) is 7.26. The first kappa shape index (κ1) is 19.0. The summed E-state index contributed by atoms with van der Waals surface area (Å²) >= 11 is 0. The van der Waals surface area contributed by atoms with Gasteiger partial charge in [0.25, 0.3) is 0 Å². The Balaban J connectivity index is 2.54. The smallest absolute Gasteiger partial charge is 0.432 e. The summed E-state index contributed by atoms with van der Waals surface area (Å²) in [5, 5.41) is 1.97. The maximum Gasteiger partial charge on any atom is 0.432 e. The van der Waals surface area contributed by atoms with E-state index in [1.54, 1.807) is 40.7 Å². The molecular formula is C17H24N2O6. The van der Waals surface area contributed by atoms with Gasteiger partial charge in [0.1, 0.15) is 0 Å². The van der Waals surface area contributed by atoms with Gasteiger partial charge >= 0.3 is 12.2 Å². The third-order valence-corrected chi connectivity index (χ3v) is 3.53. The molecule has 3 aliphatic rings. The van der Waals surface area contributed by atoms with Crippen LogP contribution in [0, 0.1) is 0 Å². The molecule has 2 amide bonds. The van der Waals surface area contributed by atoms with E-state index in [1.807, 2.05) is 0 Å². The van der Waals surface area contributed by atoms with Crippen LogP contribution in [0.15, 0.2) is 24.3 Å². The summed E-state index contributed by atoms with van der Waals surface area (Å²) in [6.07, 6.45) is 3.45. The van der Waals surface area contributed by atoms with E-state index in [1.165, 1.54) is 18.2 Å². The fourth-order valence-corrected chi connectivity index (χ4v) is 2.65. The molecule has 0 radical (unpaired) electrons. The van der Waals surface area contributed by atoms with Crippen LogP contribution in [0.2, 0.25) is 0 Å². The molecule has 0 N–H and O–H groups in total. The minimum absolute atomic E-state index is 0.146. The Morgan fingerprint density at radius 1 is 1.12 bits per heavy atom. The first-order valence-electron chi connectivity index (χ1n) is 8.29. The molecule has 1 aliphatic carbocycles. The van der Waals surface area contributed by atoms with Crippen molar-refractivity contribution >= 4 is 18.0 Å². The van der Waals surface area contributed by atoms with E-state index in [4.69, 9.17) is 14.2 Å². The molecule has 0 aromatic carbocycles. The Bertz CT molecular complexity index is 612. The highest BCUT2D eigenvalue weighted by atomic mass is 16.6. The molecule has 0 spiro atoms. The number of carbonyl (C=O) groups is 3. The van der Waals surface area contributed by atoms with Gasteiger partial charge in [0.15, 0.2) is 0 Å². The van der Waals surface area contributed by atoms with E-state index in [0.29, 0.717) is 0 Å². The van der Waals surface area contributed by atoms with Crippen molar-refractivity contribution in [3.8, 4) is 0 Å². The number of hydrogen-bond acceptors (Lipinski definition) is 6. The van der Waals surface area contributed by atoms with E-state index in [9.17, 15) is 14.4 Å². The lowest BCUT2D eigenvalue weighted by molar-refractivity contribution is -0.192. The quantitative estimate of drug-likeness (QED) is 0.722. The third-order valence-electron chi connectivity index (χ3n) is 3.53. The zero-order chi connectivity index (χ0) is 18.8. The summed E-state index contributed by atoms with van der Waals surface area (Å²) in [7, 11) is 0. The first-order valence-corrected chi connectivity index (χ1v) is 8.29. The number of nitrogens with zero attached hydrogens (tertiary/aromatic N) is 2. The second-order valence-corrected chi connectivity index (χ2v) is 6.22. The number of fused-ring (bicyclic) bond motifs is 2. The van der Waals surface area contributed by atoms with Crippen LogP contribution < -0.4 is 0 Å². The molecule has 2 atom stereocenters. The molecule has 8 nitrogen and oxygen atoms in total. The highest BCUT2D eigenvalue weighted by Crippen LogP contribution is 2.34. The van der Waals surface area contributed by atoms with Gasteiger partial charge in [-0.1, -0.05) is 12.2 Å². The first-order chi connectivity index (χ1) is 11.7. The Morgan fingerprint density at radius 3 is 2.28 bits per heavy atom. The maximum absolute atomic E-state index is 12.7. The van der Waals surface area contributed by atoms with Gasteiger partial charge in [-0.05, 0) is 46.8 Å². The molecule has 0 saturated heterocycles. The third kappa shape index (κ3) is 3.53. The number of rotatable bonds is 4. The van der Waals surface area contributed by atoms with Crippen LogP contribution in [0.4, 0.5) is 9.59 Å². The van der Waals surface area contributed by atoms with Gasteiger partial charge in [-0.3, -0.25) is 4.79 Å². The molecule has 3 rings (SSSR count). The Labute approximate surface area is 147 Å². The highest BCUT2D eigenvalue weighted by Gasteiger charge is 2.55. The number of amides is 2. The van der Waals surface area contributed by atoms with Crippen molar-refractivity contribution in [2.75, 3.05) is 6.61 Å². The second-order valence-electron chi connectivity index (χ2n) is 6.22. The van der Waals surface area contributed by atoms with E-state index in [-0.39, 0.29) is 6.61 Å². The fraction of sp³-hybridized carbons (Fsp3) is 0.588. The maximum atomic E-state index is 12.7. The summed E-state index contributed by atoms with van der Waals surface area (Å²) in [6, 6.07) is -0.661. The van der Waals surface area contributed by atoms with Crippen molar-refractivity contribution in [3.63, 3.8) is 0 Å². The molecule has 2 aliphatic heterocycles. The molecular weight excluding hydrogens is 328 g/mol. The number of ketones is 1. The molecule has 8 heteroatoms. The Morgan fingerprint density at radius 2 is 1.72 bits per heavy atom. The molecule has 0 unspecified atom stereocenters.